The van der Waals surface area contributed by atoms with Crippen LogP contribution in [-0.2, 0) is 0 Å². The maximum Gasteiger partial charge on any atom is 0.0791 e. The van der Waals surface area contributed by atoms with Gasteiger partial charge in [0.1, 0.15) is 0 Å². The Balaban J connectivity index is 2.67. The SMILES string of the molecule is CC(=CC(C)(C)O)Nc1ccccc1. The Morgan fingerprint density at radius 3 is 2.36 bits per heavy atom. The first-order chi connectivity index (χ1) is 6.47. The van der Waals surface area contributed by atoms with Crippen LogP contribution in [0.15, 0.2) is 42.1 Å². The smallest absolute Gasteiger partial charge is 0.0791 e. The number of aliphatic hydroxyl groups is 1. The van der Waals surface area contributed by atoms with Crippen LogP contribution in [0.5, 0.6) is 0 Å². The number of anilines is 1. The summed E-state index contributed by atoms with van der Waals surface area (Å²) in [6, 6.07) is 9.89. The Morgan fingerprint density at radius 1 is 1.29 bits per heavy atom. The molecule has 0 aliphatic heterocycles. The van der Waals surface area contributed by atoms with Gasteiger partial charge in [-0.3, -0.25) is 0 Å². The molecule has 1 aromatic rings. The van der Waals surface area contributed by atoms with E-state index >= 15 is 0 Å². The second kappa shape index (κ2) is 4.29. The molecule has 0 spiro atoms. The van der Waals surface area contributed by atoms with Gasteiger partial charge in [0.15, 0.2) is 0 Å². The molecule has 0 aromatic heterocycles. The third-order valence-corrected chi connectivity index (χ3v) is 1.69. The van der Waals surface area contributed by atoms with Crippen molar-refractivity contribution in [2.24, 2.45) is 0 Å². The van der Waals surface area contributed by atoms with E-state index in [1.165, 1.54) is 0 Å². The average Bonchev–Trinajstić information content (AvgIpc) is 2.02. The summed E-state index contributed by atoms with van der Waals surface area (Å²) in [6.45, 7) is 5.44. The summed E-state index contributed by atoms with van der Waals surface area (Å²) < 4.78 is 0. The Bertz CT molecular complexity index is 309. The predicted octanol–water partition coefficient (Wildman–Crippen LogP) is 2.77. The molecule has 1 rings (SSSR count). The topological polar surface area (TPSA) is 32.3 Å². The average molecular weight is 191 g/mol. The molecule has 0 unspecified atom stereocenters. The number of benzene rings is 1. The molecule has 0 saturated carbocycles. The highest BCUT2D eigenvalue weighted by Crippen LogP contribution is 2.12. The van der Waals surface area contributed by atoms with Crippen LogP contribution in [0.2, 0.25) is 0 Å². The molecule has 1 aromatic carbocycles. The summed E-state index contributed by atoms with van der Waals surface area (Å²) in [6.07, 6.45) is 1.79. The zero-order chi connectivity index (χ0) is 10.6. The zero-order valence-electron chi connectivity index (χ0n) is 8.91. The van der Waals surface area contributed by atoms with Gasteiger partial charge >= 0.3 is 0 Å². The van der Waals surface area contributed by atoms with Crippen LogP contribution in [0.25, 0.3) is 0 Å². The van der Waals surface area contributed by atoms with Gasteiger partial charge in [0, 0.05) is 11.4 Å². The fraction of sp³-hybridized carbons (Fsp3) is 0.333. The summed E-state index contributed by atoms with van der Waals surface area (Å²) in [5.41, 5.74) is 1.21. The van der Waals surface area contributed by atoms with E-state index in [4.69, 9.17) is 0 Å². The third-order valence-electron chi connectivity index (χ3n) is 1.69. The molecule has 0 bridgehead atoms. The van der Waals surface area contributed by atoms with Crippen LogP contribution >= 0.6 is 0 Å². The summed E-state index contributed by atoms with van der Waals surface area (Å²) in [7, 11) is 0. The van der Waals surface area contributed by atoms with E-state index in [1.54, 1.807) is 19.9 Å². The summed E-state index contributed by atoms with van der Waals surface area (Å²) in [4.78, 5) is 0. The van der Waals surface area contributed by atoms with Gasteiger partial charge in [-0.2, -0.15) is 0 Å². The molecule has 0 saturated heterocycles. The fourth-order valence-corrected chi connectivity index (χ4v) is 1.32. The van der Waals surface area contributed by atoms with Crippen LogP contribution in [-0.4, -0.2) is 10.7 Å². The number of hydrogen-bond donors (Lipinski definition) is 2. The number of nitrogens with one attached hydrogen (secondary N) is 1. The second-order valence-corrected chi connectivity index (χ2v) is 3.97. The van der Waals surface area contributed by atoms with Crippen molar-refractivity contribution in [3.05, 3.63) is 42.1 Å². The fourth-order valence-electron chi connectivity index (χ4n) is 1.32. The van der Waals surface area contributed by atoms with Crippen molar-refractivity contribution >= 4 is 5.69 Å². The molecule has 0 amide bonds. The Kier molecular flexibility index (Phi) is 3.31. The maximum absolute atomic E-state index is 9.55. The lowest BCUT2D eigenvalue weighted by Crippen LogP contribution is -2.16. The van der Waals surface area contributed by atoms with Gasteiger partial charge in [-0.05, 0) is 39.0 Å². The van der Waals surface area contributed by atoms with Gasteiger partial charge in [-0.15, -0.1) is 0 Å². The molecule has 2 N–H and O–H groups in total. The van der Waals surface area contributed by atoms with Crippen molar-refractivity contribution in [2.75, 3.05) is 5.32 Å². The lowest BCUT2D eigenvalue weighted by molar-refractivity contribution is 0.132. The van der Waals surface area contributed by atoms with Gasteiger partial charge in [0.2, 0.25) is 0 Å². The molecule has 0 heterocycles. The van der Waals surface area contributed by atoms with Crippen LogP contribution in [0.4, 0.5) is 5.69 Å². The highest BCUT2D eigenvalue weighted by Gasteiger charge is 2.07. The van der Waals surface area contributed by atoms with E-state index in [9.17, 15) is 5.11 Å². The molecule has 0 atom stereocenters. The molecule has 0 fully saturated rings. The standard InChI is InChI=1S/C12H17NO/c1-10(9-12(2,3)14)13-11-7-5-4-6-8-11/h4-9,13-14H,1-3H3. The number of hydrogen-bond acceptors (Lipinski definition) is 2. The number of rotatable bonds is 3. The molecule has 14 heavy (non-hydrogen) atoms. The maximum atomic E-state index is 9.55. The molecular weight excluding hydrogens is 174 g/mol. The Morgan fingerprint density at radius 2 is 1.86 bits per heavy atom. The Hall–Kier alpha value is -1.28. The number of allylic oxidation sites excluding steroid dienone is 1. The van der Waals surface area contributed by atoms with E-state index in [0.29, 0.717) is 0 Å². The lowest BCUT2D eigenvalue weighted by Gasteiger charge is -2.14. The van der Waals surface area contributed by atoms with E-state index in [2.05, 4.69) is 5.32 Å². The highest BCUT2D eigenvalue weighted by atomic mass is 16.3. The van der Waals surface area contributed by atoms with Crippen LogP contribution < -0.4 is 5.32 Å². The van der Waals surface area contributed by atoms with E-state index in [-0.39, 0.29) is 0 Å². The minimum absolute atomic E-state index is 0.772. The van der Waals surface area contributed by atoms with E-state index in [0.717, 1.165) is 11.4 Å². The monoisotopic (exact) mass is 191 g/mol. The molecule has 2 nitrogen and oxygen atoms in total. The quantitative estimate of drug-likeness (QED) is 0.770. The molecule has 0 radical (unpaired) electrons. The second-order valence-electron chi connectivity index (χ2n) is 3.97. The first-order valence-electron chi connectivity index (χ1n) is 4.71. The minimum atomic E-state index is -0.772. The summed E-state index contributed by atoms with van der Waals surface area (Å²) in [5, 5.41) is 12.7. The van der Waals surface area contributed by atoms with Crippen molar-refractivity contribution in [1.82, 2.24) is 0 Å². The van der Waals surface area contributed by atoms with Gasteiger partial charge in [-0.25, -0.2) is 0 Å². The minimum Gasteiger partial charge on any atom is -0.386 e. The van der Waals surface area contributed by atoms with Gasteiger partial charge in [0.05, 0.1) is 5.60 Å². The van der Waals surface area contributed by atoms with Gasteiger partial charge in [0.25, 0.3) is 0 Å². The van der Waals surface area contributed by atoms with Crippen LogP contribution in [0.1, 0.15) is 20.8 Å². The Labute approximate surface area is 85.3 Å². The normalized spacial score (nSPS) is 12.7. The first-order valence-corrected chi connectivity index (χ1v) is 4.71. The van der Waals surface area contributed by atoms with Crippen molar-refractivity contribution < 1.29 is 5.11 Å². The summed E-state index contributed by atoms with van der Waals surface area (Å²) >= 11 is 0. The molecule has 76 valence electrons. The van der Waals surface area contributed by atoms with Gasteiger partial charge in [-0.1, -0.05) is 18.2 Å². The zero-order valence-corrected chi connectivity index (χ0v) is 8.91. The lowest BCUT2D eigenvalue weighted by atomic mass is 10.1. The highest BCUT2D eigenvalue weighted by molar-refractivity contribution is 5.47. The molecular formula is C12H17NO. The van der Waals surface area contributed by atoms with Crippen molar-refractivity contribution in [3.8, 4) is 0 Å². The van der Waals surface area contributed by atoms with E-state index < -0.39 is 5.60 Å². The van der Waals surface area contributed by atoms with Crippen molar-refractivity contribution in [2.45, 2.75) is 26.4 Å². The third kappa shape index (κ3) is 4.10. The molecule has 0 aliphatic rings. The van der Waals surface area contributed by atoms with Crippen LogP contribution in [0.3, 0.4) is 0 Å². The van der Waals surface area contributed by atoms with E-state index in [1.807, 2.05) is 37.3 Å². The largest absolute Gasteiger partial charge is 0.386 e. The van der Waals surface area contributed by atoms with Crippen molar-refractivity contribution in [1.29, 1.82) is 0 Å². The van der Waals surface area contributed by atoms with Crippen LogP contribution in [0, 0.1) is 0 Å². The van der Waals surface area contributed by atoms with Crippen molar-refractivity contribution in [3.63, 3.8) is 0 Å². The molecule has 0 aliphatic carbocycles. The molecule has 2 heteroatoms. The summed E-state index contributed by atoms with van der Waals surface area (Å²) in [5.74, 6) is 0. The predicted molar refractivity (Wildman–Crippen MR) is 60.1 cm³/mol. The van der Waals surface area contributed by atoms with Gasteiger partial charge < -0.3 is 10.4 Å². The number of para-hydroxylation sites is 1. The first kappa shape index (κ1) is 10.8.